The summed E-state index contributed by atoms with van der Waals surface area (Å²) in [6, 6.07) is 8.48. The molecule has 0 radical (unpaired) electrons. The van der Waals surface area contributed by atoms with Gasteiger partial charge < -0.3 is 20.3 Å². The van der Waals surface area contributed by atoms with Crippen LogP contribution in [0.2, 0.25) is 0 Å². The number of nitrogens with one attached hydrogen (secondary N) is 1. The first kappa shape index (κ1) is 22.4. The largest absolute Gasteiger partial charge is 0.467 e. The lowest BCUT2D eigenvalue weighted by Crippen LogP contribution is -2.28. The summed E-state index contributed by atoms with van der Waals surface area (Å²) in [6.07, 6.45) is 5.82. The highest BCUT2D eigenvalue weighted by molar-refractivity contribution is 5.93. The lowest BCUT2D eigenvalue weighted by Gasteiger charge is -2.19. The average Bonchev–Trinajstić information content (AvgIpc) is 3.43. The highest BCUT2D eigenvalue weighted by Crippen LogP contribution is 2.28. The summed E-state index contributed by atoms with van der Waals surface area (Å²) in [4.78, 5) is 35.0. The number of hydrogen-bond donors (Lipinski definition) is 2. The Kier molecular flexibility index (Phi) is 5.67. The van der Waals surface area contributed by atoms with Crippen LogP contribution in [0.15, 0.2) is 58.4 Å². The summed E-state index contributed by atoms with van der Waals surface area (Å²) in [7, 11) is 1.47. The first-order valence-corrected chi connectivity index (χ1v) is 10.6. The molecule has 0 amide bonds. The number of benzene rings is 1. The fourth-order valence-corrected chi connectivity index (χ4v) is 3.74. The van der Waals surface area contributed by atoms with Crippen molar-refractivity contribution in [3.63, 3.8) is 0 Å². The molecular weight excluding hydrogens is 464 g/mol. The maximum Gasteiger partial charge on any atom is 0.316 e. The van der Waals surface area contributed by atoms with Crippen LogP contribution in [0, 0.1) is 11.3 Å². The average molecular weight is 482 g/mol. The van der Waals surface area contributed by atoms with Gasteiger partial charge in [0.25, 0.3) is 5.56 Å². The second-order valence-corrected chi connectivity index (χ2v) is 7.59. The van der Waals surface area contributed by atoms with Gasteiger partial charge in [-0.3, -0.25) is 4.79 Å². The molecule has 1 aromatic carbocycles. The quantitative estimate of drug-likeness (QED) is 0.360. The molecule has 0 bridgehead atoms. The van der Waals surface area contributed by atoms with Crippen molar-refractivity contribution >= 4 is 22.7 Å². The molecule has 5 rings (SSSR count). The summed E-state index contributed by atoms with van der Waals surface area (Å²) in [5, 5.41) is 16.8. The summed E-state index contributed by atoms with van der Waals surface area (Å²) in [5.74, 6) is 0.755. The molecule has 0 fully saturated rings. The van der Waals surface area contributed by atoms with E-state index in [4.69, 9.17) is 20.0 Å². The molecule has 1 atom stereocenters. The van der Waals surface area contributed by atoms with Gasteiger partial charge in [-0.05, 0) is 18.6 Å². The number of rotatable bonds is 6. The Morgan fingerprint density at radius 3 is 2.67 bits per heavy atom. The minimum atomic E-state index is -0.604. The van der Waals surface area contributed by atoms with Crippen LogP contribution in [0.3, 0.4) is 0 Å². The number of anilines is 2. The minimum Gasteiger partial charge on any atom is -0.467 e. The van der Waals surface area contributed by atoms with Crippen LogP contribution in [0.4, 0.5) is 11.8 Å². The number of methoxy groups -OCH3 is 1. The highest BCUT2D eigenvalue weighted by atomic mass is 16.5. The van der Waals surface area contributed by atoms with E-state index in [2.05, 4.69) is 30.4 Å². The third kappa shape index (κ3) is 3.92. The molecule has 36 heavy (non-hydrogen) atoms. The van der Waals surface area contributed by atoms with Gasteiger partial charge in [0.2, 0.25) is 5.95 Å². The molecule has 5 aromatic rings. The molecule has 0 aliphatic carbocycles. The second-order valence-electron chi connectivity index (χ2n) is 7.59. The molecule has 178 valence electrons. The van der Waals surface area contributed by atoms with Crippen LogP contribution in [0.1, 0.15) is 24.4 Å². The lowest BCUT2D eigenvalue weighted by molar-refractivity contribution is 0.380. The number of nitrogens with zero attached hydrogens (tertiary/aromatic N) is 8. The number of fused-ring (bicyclic) bond motifs is 1. The molecule has 4 heterocycles. The molecular formula is C23H18N10O3. The van der Waals surface area contributed by atoms with E-state index in [1.807, 2.05) is 6.07 Å². The van der Waals surface area contributed by atoms with Crippen molar-refractivity contribution in [1.82, 2.24) is 34.6 Å². The molecule has 3 N–H and O–H groups in total. The number of nitrogen functional groups attached to an aromatic ring is 1. The van der Waals surface area contributed by atoms with Crippen LogP contribution >= 0.6 is 0 Å². The first-order valence-electron chi connectivity index (χ1n) is 10.6. The van der Waals surface area contributed by atoms with E-state index in [1.54, 1.807) is 43.6 Å². The maximum absolute atomic E-state index is 13.9. The van der Waals surface area contributed by atoms with E-state index in [0.29, 0.717) is 27.9 Å². The Bertz CT molecular complexity index is 1660. The van der Waals surface area contributed by atoms with Crippen LogP contribution in [0.25, 0.3) is 27.8 Å². The van der Waals surface area contributed by atoms with Crippen molar-refractivity contribution in [3.8, 4) is 29.0 Å². The first-order chi connectivity index (χ1) is 17.5. The van der Waals surface area contributed by atoms with Gasteiger partial charge in [-0.15, -0.1) is 0 Å². The van der Waals surface area contributed by atoms with Gasteiger partial charge >= 0.3 is 6.01 Å². The zero-order chi connectivity index (χ0) is 25.2. The van der Waals surface area contributed by atoms with Gasteiger partial charge in [0.15, 0.2) is 5.82 Å². The SMILES string of the molecule is COc1ncc(-c2cccc3nc(C(C)Nc4nc(N)ncc4C#N)n(-c4ccon4)c(=O)c23)cn1. The summed E-state index contributed by atoms with van der Waals surface area (Å²) in [6.45, 7) is 1.77. The second kappa shape index (κ2) is 9.11. The van der Waals surface area contributed by atoms with E-state index in [-0.39, 0.29) is 34.7 Å². The van der Waals surface area contributed by atoms with Gasteiger partial charge in [0.05, 0.1) is 30.3 Å². The van der Waals surface area contributed by atoms with E-state index in [9.17, 15) is 10.1 Å². The number of aromatic nitrogens is 7. The van der Waals surface area contributed by atoms with E-state index >= 15 is 0 Å². The predicted octanol–water partition coefficient (Wildman–Crippen LogP) is 2.26. The lowest BCUT2D eigenvalue weighted by atomic mass is 10.0. The van der Waals surface area contributed by atoms with Gasteiger partial charge in [-0.2, -0.15) is 10.2 Å². The Balaban J connectivity index is 1.71. The van der Waals surface area contributed by atoms with Gasteiger partial charge in [-0.1, -0.05) is 17.3 Å². The van der Waals surface area contributed by atoms with E-state index in [0.717, 1.165) is 0 Å². The normalized spacial score (nSPS) is 11.7. The van der Waals surface area contributed by atoms with Crippen LogP contribution < -0.4 is 21.3 Å². The molecule has 1 unspecified atom stereocenters. The summed E-state index contributed by atoms with van der Waals surface area (Å²) >= 11 is 0. The predicted molar refractivity (Wildman–Crippen MR) is 128 cm³/mol. The van der Waals surface area contributed by atoms with E-state index in [1.165, 1.54) is 24.1 Å². The van der Waals surface area contributed by atoms with Crippen molar-refractivity contribution in [3.05, 3.63) is 70.9 Å². The molecule has 0 saturated carbocycles. The molecule has 0 aliphatic rings. The van der Waals surface area contributed by atoms with Crippen LogP contribution in [0.5, 0.6) is 6.01 Å². The van der Waals surface area contributed by atoms with Gasteiger partial charge in [-0.25, -0.2) is 24.5 Å². The Labute approximate surface area is 203 Å². The molecule has 0 saturated heterocycles. The Morgan fingerprint density at radius 2 is 1.97 bits per heavy atom. The Morgan fingerprint density at radius 1 is 1.17 bits per heavy atom. The number of nitrogens with two attached hydrogens (primary N) is 1. The van der Waals surface area contributed by atoms with Crippen molar-refractivity contribution in [1.29, 1.82) is 5.26 Å². The van der Waals surface area contributed by atoms with Gasteiger partial charge in [0.1, 0.15) is 29.5 Å². The van der Waals surface area contributed by atoms with Gasteiger partial charge in [0, 0.05) is 24.0 Å². The maximum atomic E-state index is 13.9. The zero-order valence-corrected chi connectivity index (χ0v) is 19.1. The molecule has 0 aliphatic heterocycles. The van der Waals surface area contributed by atoms with Crippen molar-refractivity contribution in [2.24, 2.45) is 0 Å². The van der Waals surface area contributed by atoms with Crippen molar-refractivity contribution in [2.45, 2.75) is 13.0 Å². The molecule has 4 aromatic heterocycles. The molecule has 13 nitrogen and oxygen atoms in total. The van der Waals surface area contributed by atoms with Crippen molar-refractivity contribution < 1.29 is 9.26 Å². The summed E-state index contributed by atoms with van der Waals surface area (Å²) in [5.41, 5.74) is 7.16. The number of ether oxygens (including phenoxy) is 1. The standard InChI is InChI=1S/C23H18N10O3/c1-12(29-19-13(8-24)9-26-22(25)31-19)20-30-16-5-3-4-15(14-10-27-23(35-2)28-11-14)18(16)21(34)33(20)17-6-7-36-32-17/h3-7,9-12H,1-2H3,(H3,25,26,29,31). The zero-order valence-electron chi connectivity index (χ0n) is 19.1. The molecule has 0 spiro atoms. The van der Waals surface area contributed by atoms with Crippen LogP contribution in [-0.4, -0.2) is 41.8 Å². The smallest absolute Gasteiger partial charge is 0.316 e. The summed E-state index contributed by atoms with van der Waals surface area (Å²) < 4.78 is 11.4. The Hall–Kier alpha value is -5.38. The van der Waals surface area contributed by atoms with E-state index < -0.39 is 6.04 Å². The van der Waals surface area contributed by atoms with Crippen molar-refractivity contribution in [2.75, 3.05) is 18.2 Å². The highest BCUT2D eigenvalue weighted by Gasteiger charge is 2.22. The molecule has 13 heteroatoms. The number of hydrogen-bond acceptors (Lipinski definition) is 12. The third-order valence-electron chi connectivity index (χ3n) is 5.37. The monoisotopic (exact) mass is 482 g/mol. The van der Waals surface area contributed by atoms with Crippen LogP contribution in [-0.2, 0) is 0 Å². The fourth-order valence-electron chi connectivity index (χ4n) is 3.74. The minimum absolute atomic E-state index is 0.00425. The number of nitriles is 1. The fraction of sp³-hybridized carbons (Fsp3) is 0.130. The topological polar surface area (TPSA) is 184 Å². The third-order valence-corrected chi connectivity index (χ3v) is 5.37.